The van der Waals surface area contributed by atoms with Gasteiger partial charge in [0.25, 0.3) is 0 Å². The highest BCUT2D eigenvalue weighted by Gasteiger charge is 2.08. The van der Waals surface area contributed by atoms with Gasteiger partial charge in [-0.3, -0.25) is 0 Å². The molecule has 0 spiro atoms. The van der Waals surface area contributed by atoms with Crippen molar-refractivity contribution in [3.63, 3.8) is 0 Å². The second kappa shape index (κ2) is 3.85. The number of aromatic amines is 1. The Bertz CT molecular complexity index is 251. The zero-order valence-electron chi connectivity index (χ0n) is 5.10. The van der Waals surface area contributed by atoms with E-state index in [4.69, 9.17) is 28.3 Å². The summed E-state index contributed by atoms with van der Waals surface area (Å²) in [6.45, 7) is 0. The third-order valence-corrected chi connectivity index (χ3v) is 1.65. The summed E-state index contributed by atoms with van der Waals surface area (Å²) in [4.78, 5) is 12.6. The van der Waals surface area contributed by atoms with Crippen molar-refractivity contribution in [1.82, 2.24) is 4.98 Å². The van der Waals surface area contributed by atoms with Crippen LogP contribution in [-0.4, -0.2) is 16.1 Å². The van der Waals surface area contributed by atoms with E-state index in [-0.39, 0.29) is 28.3 Å². The van der Waals surface area contributed by atoms with Crippen molar-refractivity contribution in [3.05, 3.63) is 21.9 Å². The highest BCUT2D eigenvalue weighted by Crippen LogP contribution is 2.21. The first-order valence-corrected chi connectivity index (χ1v) is 3.14. The van der Waals surface area contributed by atoms with Gasteiger partial charge in [-0.25, -0.2) is 4.79 Å². The zero-order chi connectivity index (χ0) is 7.72. The molecule has 0 fully saturated rings. The molecular formula is C5H4Cl3NO2. The number of rotatable bonds is 1. The largest absolute Gasteiger partial charge is 0.477 e. The maximum absolute atomic E-state index is 10.2. The molecule has 1 aromatic rings. The molecule has 0 aliphatic heterocycles. The van der Waals surface area contributed by atoms with E-state index in [0.717, 1.165) is 0 Å². The lowest BCUT2D eigenvalue weighted by molar-refractivity contribution is 0.0691. The average molecular weight is 216 g/mol. The third kappa shape index (κ3) is 2.29. The number of halogens is 3. The minimum absolute atomic E-state index is 0. The molecule has 0 aliphatic rings. The van der Waals surface area contributed by atoms with Gasteiger partial charge in [-0.1, -0.05) is 23.2 Å². The van der Waals surface area contributed by atoms with Crippen molar-refractivity contribution in [3.8, 4) is 0 Å². The van der Waals surface area contributed by atoms with E-state index in [9.17, 15) is 4.79 Å². The maximum Gasteiger partial charge on any atom is 0.352 e. The SMILES string of the molecule is Cl.O=C(O)c1cc(Cl)c(Cl)[nH]1. The van der Waals surface area contributed by atoms with Crippen LogP contribution in [0, 0.1) is 0 Å². The van der Waals surface area contributed by atoms with Crippen LogP contribution in [0.3, 0.4) is 0 Å². The van der Waals surface area contributed by atoms with Crippen molar-refractivity contribution in [2.24, 2.45) is 0 Å². The predicted molar refractivity (Wildman–Crippen MR) is 45.0 cm³/mol. The normalized spacial score (nSPS) is 8.91. The standard InChI is InChI=1S/C5H3Cl2NO2.ClH/c6-2-1-3(5(9)10)8-4(2)7;/h1,8H,(H,9,10);1H. The van der Waals surface area contributed by atoms with Crippen molar-refractivity contribution < 1.29 is 9.90 Å². The Kier molecular flexibility index (Phi) is 3.72. The van der Waals surface area contributed by atoms with Gasteiger partial charge in [0.1, 0.15) is 10.8 Å². The van der Waals surface area contributed by atoms with Gasteiger partial charge in [-0.05, 0) is 6.07 Å². The molecule has 1 heterocycles. The third-order valence-electron chi connectivity index (χ3n) is 0.956. The zero-order valence-corrected chi connectivity index (χ0v) is 7.43. The van der Waals surface area contributed by atoms with Gasteiger partial charge < -0.3 is 10.1 Å². The molecule has 0 radical (unpaired) electrons. The van der Waals surface area contributed by atoms with Gasteiger partial charge in [-0.2, -0.15) is 0 Å². The van der Waals surface area contributed by atoms with Crippen LogP contribution < -0.4 is 0 Å². The molecule has 62 valence electrons. The molecule has 0 bridgehead atoms. The summed E-state index contributed by atoms with van der Waals surface area (Å²) in [5.41, 5.74) is -0.00463. The molecule has 0 atom stereocenters. The number of nitrogens with one attached hydrogen (secondary N) is 1. The second-order valence-corrected chi connectivity index (χ2v) is 2.44. The van der Waals surface area contributed by atoms with Crippen LogP contribution in [0.15, 0.2) is 6.07 Å². The first kappa shape index (κ1) is 10.6. The van der Waals surface area contributed by atoms with Gasteiger partial charge in [0.05, 0.1) is 5.02 Å². The molecule has 0 saturated heterocycles. The minimum Gasteiger partial charge on any atom is -0.477 e. The summed E-state index contributed by atoms with van der Waals surface area (Å²) in [5.74, 6) is -1.08. The molecule has 6 heteroatoms. The first-order valence-electron chi connectivity index (χ1n) is 2.38. The Balaban J connectivity index is 0.000001000. The molecule has 0 amide bonds. The van der Waals surface area contributed by atoms with Gasteiger partial charge in [0.2, 0.25) is 0 Å². The summed E-state index contributed by atoms with van der Waals surface area (Å²) in [7, 11) is 0. The number of hydrogen-bond acceptors (Lipinski definition) is 1. The van der Waals surface area contributed by atoms with Gasteiger partial charge in [0, 0.05) is 0 Å². The number of carbonyl (C=O) groups is 1. The predicted octanol–water partition coefficient (Wildman–Crippen LogP) is 2.44. The number of aromatic carboxylic acids is 1. The Hall–Kier alpha value is -0.380. The molecule has 0 saturated carbocycles. The van der Waals surface area contributed by atoms with Crippen molar-refractivity contribution in [1.29, 1.82) is 0 Å². The van der Waals surface area contributed by atoms with E-state index < -0.39 is 5.97 Å². The molecular weight excluding hydrogens is 212 g/mol. The topological polar surface area (TPSA) is 53.1 Å². The fourth-order valence-electron chi connectivity index (χ4n) is 0.519. The summed E-state index contributed by atoms with van der Waals surface area (Å²) in [6.07, 6.45) is 0. The molecule has 0 unspecified atom stereocenters. The Morgan fingerprint density at radius 2 is 2.09 bits per heavy atom. The second-order valence-electron chi connectivity index (χ2n) is 1.65. The Labute approximate surface area is 78.7 Å². The Morgan fingerprint density at radius 3 is 2.27 bits per heavy atom. The van der Waals surface area contributed by atoms with Crippen LogP contribution in [0.1, 0.15) is 10.5 Å². The van der Waals surface area contributed by atoms with Crippen molar-refractivity contribution in [2.45, 2.75) is 0 Å². The maximum atomic E-state index is 10.2. The Morgan fingerprint density at radius 1 is 1.55 bits per heavy atom. The number of carboxylic acids is 1. The van der Waals surface area contributed by atoms with Crippen LogP contribution in [0.4, 0.5) is 0 Å². The molecule has 3 nitrogen and oxygen atoms in total. The number of H-pyrrole nitrogens is 1. The molecule has 0 aliphatic carbocycles. The summed E-state index contributed by atoms with van der Waals surface area (Å²) in [6, 6.07) is 1.26. The fraction of sp³-hybridized carbons (Fsp3) is 0. The van der Waals surface area contributed by atoms with Gasteiger partial charge >= 0.3 is 5.97 Å². The smallest absolute Gasteiger partial charge is 0.352 e. The van der Waals surface area contributed by atoms with Gasteiger partial charge in [0.15, 0.2) is 0 Å². The van der Waals surface area contributed by atoms with Crippen molar-refractivity contribution >= 4 is 41.6 Å². The summed E-state index contributed by atoms with van der Waals surface area (Å²) < 4.78 is 0. The number of carboxylic acid groups (broad SMARTS) is 1. The van der Waals surface area contributed by atoms with Crippen molar-refractivity contribution in [2.75, 3.05) is 0 Å². The van der Waals surface area contributed by atoms with E-state index in [1.54, 1.807) is 0 Å². The number of aromatic nitrogens is 1. The molecule has 1 rings (SSSR count). The first-order chi connectivity index (χ1) is 4.61. The average Bonchev–Trinajstić information content (AvgIpc) is 2.13. The lowest BCUT2D eigenvalue weighted by Crippen LogP contribution is -1.94. The minimum atomic E-state index is -1.08. The molecule has 0 aromatic carbocycles. The van der Waals surface area contributed by atoms with E-state index in [1.807, 2.05) is 0 Å². The fourth-order valence-corrected chi connectivity index (χ4v) is 0.832. The highest BCUT2D eigenvalue weighted by molar-refractivity contribution is 6.41. The van der Waals surface area contributed by atoms with E-state index in [1.165, 1.54) is 6.07 Å². The van der Waals surface area contributed by atoms with E-state index in [0.29, 0.717) is 0 Å². The van der Waals surface area contributed by atoms with Crippen LogP contribution in [-0.2, 0) is 0 Å². The van der Waals surface area contributed by atoms with E-state index >= 15 is 0 Å². The van der Waals surface area contributed by atoms with Crippen LogP contribution in [0.25, 0.3) is 0 Å². The van der Waals surface area contributed by atoms with E-state index in [2.05, 4.69) is 4.98 Å². The quantitative estimate of drug-likeness (QED) is 0.757. The molecule has 11 heavy (non-hydrogen) atoms. The monoisotopic (exact) mass is 215 g/mol. The van der Waals surface area contributed by atoms with Crippen LogP contribution in [0.2, 0.25) is 10.2 Å². The number of hydrogen-bond donors (Lipinski definition) is 2. The lowest BCUT2D eigenvalue weighted by atomic mass is 10.4. The van der Waals surface area contributed by atoms with Gasteiger partial charge in [-0.15, -0.1) is 12.4 Å². The van der Waals surface area contributed by atoms with Crippen LogP contribution in [0.5, 0.6) is 0 Å². The molecule has 1 aromatic heterocycles. The highest BCUT2D eigenvalue weighted by atomic mass is 35.5. The molecule has 2 N–H and O–H groups in total. The summed E-state index contributed by atoms with van der Waals surface area (Å²) in [5, 5.41) is 8.75. The summed E-state index contributed by atoms with van der Waals surface area (Å²) >= 11 is 10.9. The van der Waals surface area contributed by atoms with Crippen LogP contribution >= 0.6 is 35.6 Å². The lowest BCUT2D eigenvalue weighted by Gasteiger charge is -1.82.